The molecule has 0 spiro atoms. The predicted molar refractivity (Wildman–Crippen MR) is 172 cm³/mol. The van der Waals surface area contributed by atoms with Crippen LogP contribution in [0.1, 0.15) is 60.7 Å². The number of aliphatic hydroxyl groups excluding tert-OH is 1. The normalized spacial score (nSPS) is 20.6. The van der Waals surface area contributed by atoms with Gasteiger partial charge in [-0.05, 0) is 63.4 Å². The molecule has 3 aromatic rings. The Morgan fingerprint density at radius 2 is 1.93 bits per heavy atom. The molecule has 250 valence electrons. The number of carbonyl (C=O) groups excluding carboxylic acids is 2. The van der Waals surface area contributed by atoms with Gasteiger partial charge in [0, 0.05) is 69.6 Å². The number of anilines is 1. The summed E-state index contributed by atoms with van der Waals surface area (Å²) in [6.07, 6.45) is 7.53. The van der Waals surface area contributed by atoms with Gasteiger partial charge in [0.1, 0.15) is 5.75 Å². The highest BCUT2D eigenvalue weighted by atomic mass is 32.2. The SMILES string of the molecule is C[C@@H]1CCCCO[C@H](CN(C)C(=O)c2ccncc2)[C@H](C)CN([C@@H](C)CO)C(=O)c2cc(NS(=O)(=O)c3cn(C)cn3)ccc2O1. The zero-order valence-corrected chi connectivity index (χ0v) is 27.8. The Morgan fingerprint density at radius 3 is 2.61 bits per heavy atom. The van der Waals surface area contributed by atoms with E-state index in [-0.39, 0.29) is 53.9 Å². The van der Waals surface area contributed by atoms with Crippen LogP contribution in [0, 0.1) is 5.92 Å². The fraction of sp³-hybridized carbons (Fsp3) is 0.500. The number of carbonyl (C=O) groups is 2. The van der Waals surface area contributed by atoms with Gasteiger partial charge in [0.25, 0.3) is 21.8 Å². The lowest BCUT2D eigenvalue weighted by Gasteiger charge is -2.36. The zero-order chi connectivity index (χ0) is 33.4. The first kappa shape index (κ1) is 34.9. The van der Waals surface area contributed by atoms with Gasteiger partial charge in [0.15, 0.2) is 5.03 Å². The predicted octanol–water partition coefficient (Wildman–Crippen LogP) is 3.18. The molecule has 2 N–H and O–H groups in total. The van der Waals surface area contributed by atoms with E-state index in [2.05, 4.69) is 14.7 Å². The van der Waals surface area contributed by atoms with E-state index in [1.807, 2.05) is 13.8 Å². The number of nitrogens with one attached hydrogen (secondary N) is 1. The van der Waals surface area contributed by atoms with E-state index in [0.717, 1.165) is 12.8 Å². The van der Waals surface area contributed by atoms with Crippen LogP contribution in [0.15, 0.2) is 60.3 Å². The molecular weight excluding hydrogens is 612 g/mol. The number of fused-ring (bicyclic) bond motifs is 1. The summed E-state index contributed by atoms with van der Waals surface area (Å²) < 4.78 is 42.7. The number of nitrogens with zero attached hydrogens (tertiary/aromatic N) is 5. The molecule has 1 aliphatic heterocycles. The number of benzene rings is 1. The first-order chi connectivity index (χ1) is 21.9. The summed E-state index contributed by atoms with van der Waals surface area (Å²) in [4.78, 5) is 38.5. The molecule has 3 heterocycles. The molecule has 1 aromatic carbocycles. The number of amides is 2. The number of ether oxygens (including phenoxy) is 2. The molecule has 0 saturated heterocycles. The molecule has 0 aliphatic carbocycles. The lowest BCUT2D eigenvalue weighted by molar-refractivity contribution is -0.0149. The molecule has 4 rings (SSSR count). The van der Waals surface area contributed by atoms with E-state index in [4.69, 9.17) is 9.47 Å². The van der Waals surface area contributed by atoms with Gasteiger partial charge in [-0.2, -0.15) is 8.42 Å². The second-order valence-electron chi connectivity index (χ2n) is 11.9. The highest BCUT2D eigenvalue weighted by molar-refractivity contribution is 7.92. The van der Waals surface area contributed by atoms with Gasteiger partial charge in [0.05, 0.1) is 36.7 Å². The van der Waals surface area contributed by atoms with Crippen molar-refractivity contribution in [2.24, 2.45) is 13.0 Å². The molecule has 2 aromatic heterocycles. The third kappa shape index (κ3) is 8.83. The van der Waals surface area contributed by atoms with Gasteiger partial charge in [-0.15, -0.1) is 0 Å². The Labute approximate surface area is 270 Å². The quantitative estimate of drug-likeness (QED) is 0.372. The maximum atomic E-state index is 14.3. The molecule has 0 bridgehead atoms. The zero-order valence-electron chi connectivity index (χ0n) is 27.0. The molecule has 1 aliphatic rings. The minimum Gasteiger partial charge on any atom is -0.490 e. The molecule has 0 unspecified atom stereocenters. The third-order valence-corrected chi connectivity index (χ3v) is 9.25. The van der Waals surface area contributed by atoms with Crippen LogP contribution in [0.3, 0.4) is 0 Å². The fourth-order valence-electron chi connectivity index (χ4n) is 5.25. The van der Waals surface area contributed by atoms with Gasteiger partial charge in [0.2, 0.25) is 0 Å². The molecule has 13 nitrogen and oxygen atoms in total. The van der Waals surface area contributed by atoms with Crippen LogP contribution < -0.4 is 9.46 Å². The van der Waals surface area contributed by atoms with Crippen LogP contribution in [-0.4, -0.2) is 101 Å². The van der Waals surface area contributed by atoms with Crippen LogP contribution in [0.4, 0.5) is 5.69 Å². The van der Waals surface area contributed by atoms with Crippen molar-refractivity contribution in [1.29, 1.82) is 0 Å². The van der Waals surface area contributed by atoms with Gasteiger partial charge in [-0.3, -0.25) is 19.3 Å². The molecule has 14 heteroatoms. The smallest absolute Gasteiger partial charge is 0.280 e. The van der Waals surface area contributed by atoms with Crippen LogP contribution in [0.25, 0.3) is 0 Å². The largest absolute Gasteiger partial charge is 0.490 e. The molecule has 0 fully saturated rings. The van der Waals surface area contributed by atoms with Crippen molar-refractivity contribution in [3.63, 3.8) is 0 Å². The highest BCUT2D eigenvalue weighted by Crippen LogP contribution is 2.29. The van der Waals surface area contributed by atoms with Crippen molar-refractivity contribution in [3.05, 3.63) is 66.4 Å². The number of imidazole rings is 1. The molecule has 2 amide bonds. The molecule has 4 atom stereocenters. The Morgan fingerprint density at radius 1 is 1.20 bits per heavy atom. The number of likely N-dealkylation sites (N-methyl/N-ethyl adjacent to an activating group) is 1. The molecule has 46 heavy (non-hydrogen) atoms. The summed E-state index contributed by atoms with van der Waals surface area (Å²) in [6, 6.07) is 7.32. The maximum Gasteiger partial charge on any atom is 0.280 e. The highest BCUT2D eigenvalue weighted by Gasteiger charge is 2.31. The second-order valence-corrected chi connectivity index (χ2v) is 13.5. The van der Waals surface area contributed by atoms with E-state index in [0.29, 0.717) is 24.3 Å². The van der Waals surface area contributed by atoms with Crippen LogP contribution >= 0.6 is 0 Å². The number of sulfonamides is 1. The molecule has 0 saturated carbocycles. The summed E-state index contributed by atoms with van der Waals surface area (Å²) in [5, 5.41) is 10.0. The van der Waals surface area contributed by atoms with Crippen molar-refractivity contribution in [1.82, 2.24) is 24.3 Å². The van der Waals surface area contributed by atoms with E-state index >= 15 is 0 Å². The van der Waals surface area contributed by atoms with E-state index < -0.39 is 28.1 Å². The van der Waals surface area contributed by atoms with Crippen LogP contribution in [0.5, 0.6) is 5.75 Å². The summed E-state index contributed by atoms with van der Waals surface area (Å²) in [6.45, 7) is 6.25. The average Bonchev–Trinajstić information content (AvgIpc) is 3.49. The number of aromatic nitrogens is 3. The van der Waals surface area contributed by atoms with Crippen molar-refractivity contribution in [2.75, 3.05) is 38.1 Å². The average molecular weight is 657 g/mol. The standard InChI is InChI=1S/C32H44N6O7S/c1-22-17-38(23(2)20-39)32(41)27-16-26(35-46(42,43)30-19-36(4)21-34-30)9-10-28(27)45-24(3)8-6-7-15-44-29(22)18-37(5)31(40)25-11-13-33-14-12-25/h9-14,16,19,21-24,29,35,39H,6-8,15,17-18,20H2,1-5H3/t22-,23+,24-,29-/m1/s1. The Kier molecular flexibility index (Phi) is 11.8. The minimum absolute atomic E-state index is 0.153. The summed E-state index contributed by atoms with van der Waals surface area (Å²) in [7, 11) is -0.645. The Hall–Kier alpha value is -4.01. The lowest BCUT2D eigenvalue weighted by atomic mass is 10.0. The maximum absolute atomic E-state index is 14.3. The van der Waals surface area contributed by atoms with Gasteiger partial charge in [-0.1, -0.05) is 6.92 Å². The Balaban J connectivity index is 1.66. The number of rotatable bonds is 8. The van der Waals surface area contributed by atoms with Crippen LogP contribution in [0.2, 0.25) is 0 Å². The van der Waals surface area contributed by atoms with E-state index in [1.54, 1.807) is 67.5 Å². The van der Waals surface area contributed by atoms with Gasteiger partial charge < -0.3 is 28.9 Å². The first-order valence-corrected chi connectivity index (χ1v) is 16.9. The number of pyridine rings is 1. The van der Waals surface area contributed by atoms with Crippen molar-refractivity contribution in [3.8, 4) is 5.75 Å². The van der Waals surface area contributed by atoms with Crippen molar-refractivity contribution in [2.45, 2.75) is 63.3 Å². The number of hydrogen-bond donors (Lipinski definition) is 2. The first-order valence-electron chi connectivity index (χ1n) is 15.4. The summed E-state index contributed by atoms with van der Waals surface area (Å²) >= 11 is 0. The van der Waals surface area contributed by atoms with Crippen molar-refractivity contribution >= 4 is 27.5 Å². The number of aliphatic hydroxyl groups is 1. The Bertz CT molecular complexity index is 1580. The van der Waals surface area contributed by atoms with Crippen molar-refractivity contribution < 1.29 is 32.6 Å². The van der Waals surface area contributed by atoms with E-state index in [9.17, 15) is 23.1 Å². The van der Waals surface area contributed by atoms with Gasteiger partial charge in [-0.25, -0.2) is 4.98 Å². The molecule has 0 radical (unpaired) electrons. The summed E-state index contributed by atoms with van der Waals surface area (Å²) in [5.41, 5.74) is 0.828. The van der Waals surface area contributed by atoms with E-state index in [1.165, 1.54) is 23.2 Å². The topological polar surface area (TPSA) is 156 Å². The summed E-state index contributed by atoms with van der Waals surface area (Å²) in [5.74, 6) is -0.544. The lowest BCUT2D eigenvalue weighted by Crippen LogP contribution is -2.48. The number of aryl methyl sites for hydroxylation is 1. The molecular formula is C32H44N6O7S. The fourth-order valence-corrected chi connectivity index (χ4v) is 6.28. The van der Waals surface area contributed by atoms with Gasteiger partial charge >= 0.3 is 0 Å². The second kappa shape index (κ2) is 15.5. The number of hydrogen-bond acceptors (Lipinski definition) is 9. The monoisotopic (exact) mass is 656 g/mol. The minimum atomic E-state index is -4.03. The van der Waals surface area contributed by atoms with Crippen LogP contribution in [-0.2, 0) is 21.8 Å². The third-order valence-electron chi connectivity index (χ3n) is 7.99.